The van der Waals surface area contributed by atoms with Crippen molar-refractivity contribution in [2.24, 2.45) is 0 Å². The van der Waals surface area contributed by atoms with Gasteiger partial charge >= 0.3 is 0 Å². The molecule has 0 bridgehead atoms. The number of rotatable bonds is 2. The molecule has 1 nitrogen and oxygen atoms in total. The predicted octanol–water partition coefficient (Wildman–Crippen LogP) is 4.97. The summed E-state index contributed by atoms with van der Waals surface area (Å²) >= 11 is 3.46. The second-order valence-electron chi connectivity index (χ2n) is 4.28. The number of hydrogen-bond acceptors (Lipinski definition) is 1. The summed E-state index contributed by atoms with van der Waals surface area (Å²) in [5.41, 5.74) is 2.29. The summed E-state index contributed by atoms with van der Waals surface area (Å²) in [6.45, 7) is 5.63. The molecule has 0 fully saturated rings. The summed E-state index contributed by atoms with van der Waals surface area (Å²) in [6.07, 6.45) is 0. The molecule has 0 N–H and O–H groups in total. The SMILES string of the molecule is Cc1oc(C)c(C(Br)c2ccc(F)cc2F)c1C. The van der Waals surface area contributed by atoms with E-state index in [1.54, 1.807) is 0 Å². The van der Waals surface area contributed by atoms with Crippen molar-refractivity contribution in [3.63, 3.8) is 0 Å². The van der Waals surface area contributed by atoms with E-state index in [9.17, 15) is 8.78 Å². The van der Waals surface area contributed by atoms with Crippen LogP contribution in [0.3, 0.4) is 0 Å². The standard InChI is InChI=1S/C14H13BrF2O/c1-7-8(2)18-9(3)13(7)14(15)11-5-4-10(16)6-12(11)17/h4-6,14H,1-3H3. The topological polar surface area (TPSA) is 13.1 Å². The van der Waals surface area contributed by atoms with Crippen LogP contribution in [0.1, 0.15) is 33.0 Å². The van der Waals surface area contributed by atoms with Gasteiger partial charge in [0.15, 0.2) is 0 Å². The first-order valence-corrected chi connectivity index (χ1v) is 6.49. The lowest BCUT2D eigenvalue weighted by atomic mass is 10.0. The molecule has 1 aromatic heterocycles. The smallest absolute Gasteiger partial charge is 0.130 e. The van der Waals surface area contributed by atoms with Crippen molar-refractivity contribution in [2.75, 3.05) is 0 Å². The van der Waals surface area contributed by atoms with Crippen molar-refractivity contribution in [2.45, 2.75) is 25.6 Å². The lowest BCUT2D eigenvalue weighted by molar-refractivity contribution is 0.500. The Balaban J connectivity index is 2.51. The van der Waals surface area contributed by atoms with Crippen LogP contribution < -0.4 is 0 Å². The van der Waals surface area contributed by atoms with Gasteiger partial charge in [-0.3, -0.25) is 0 Å². The summed E-state index contributed by atoms with van der Waals surface area (Å²) in [4.78, 5) is -0.337. The fourth-order valence-electron chi connectivity index (χ4n) is 2.05. The first kappa shape index (κ1) is 13.3. The molecule has 0 spiro atoms. The zero-order valence-electron chi connectivity index (χ0n) is 10.4. The molecule has 0 aliphatic heterocycles. The lowest BCUT2D eigenvalue weighted by Gasteiger charge is -2.12. The summed E-state index contributed by atoms with van der Waals surface area (Å²) < 4.78 is 32.2. The van der Waals surface area contributed by atoms with E-state index < -0.39 is 11.6 Å². The first-order valence-electron chi connectivity index (χ1n) is 5.57. The van der Waals surface area contributed by atoms with Crippen molar-refractivity contribution >= 4 is 15.9 Å². The van der Waals surface area contributed by atoms with Gasteiger partial charge in [-0.1, -0.05) is 22.0 Å². The fourth-order valence-corrected chi connectivity index (χ4v) is 3.08. The minimum absolute atomic E-state index is 0.337. The van der Waals surface area contributed by atoms with Gasteiger partial charge in [0.25, 0.3) is 0 Å². The Morgan fingerprint density at radius 3 is 2.28 bits per heavy atom. The Labute approximate surface area is 113 Å². The summed E-state index contributed by atoms with van der Waals surface area (Å²) in [5.74, 6) is 0.423. The van der Waals surface area contributed by atoms with Crippen LogP contribution in [-0.2, 0) is 0 Å². The maximum absolute atomic E-state index is 13.8. The zero-order valence-corrected chi connectivity index (χ0v) is 11.9. The third-order valence-corrected chi connectivity index (χ3v) is 4.06. The van der Waals surface area contributed by atoms with Gasteiger partial charge in [-0.2, -0.15) is 0 Å². The van der Waals surface area contributed by atoms with Crippen LogP contribution >= 0.6 is 15.9 Å². The van der Waals surface area contributed by atoms with E-state index in [1.165, 1.54) is 12.1 Å². The van der Waals surface area contributed by atoms with Gasteiger partial charge in [-0.15, -0.1) is 0 Å². The minimum Gasteiger partial charge on any atom is -0.466 e. The molecule has 2 rings (SSSR count). The molecule has 0 aliphatic carbocycles. The maximum atomic E-state index is 13.8. The molecular formula is C14H13BrF2O. The normalized spacial score (nSPS) is 12.8. The molecule has 2 aromatic rings. The van der Waals surface area contributed by atoms with E-state index >= 15 is 0 Å². The Bertz CT molecular complexity index is 590. The number of furan rings is 1. The van der Waals surface area contributed by atoms with E-state index in [-0.39, 0.29) is 4.83 Å². The first-order chi connectivity index (χ1) is 8.41. The van der Waals surface area contributed by atoms with Crippen LogP contribution in [0, 0.1) is 32.4 Å². The van der Waals surface area contributed by atoms with Crippen LogP contribution in [-0.4, -0.2) is 0 Å². The Morgan fingerprint density at radius 2 is 1.78 bits per heavy atom. The molecular weight excluding hydrogens is 302 g/mol. The summed E-state index contributed by atoms with van der Waals surface area (Å²) in [5, 5.41) is 0. The van der Waals surface area contributed by atoms with Crippen LogP contribution in [0.5, 0.6) is 0 Å². The van der Waals surface area contributed by atoms with Crippen molar-refractivity contribution in [3.8, 4) is 0 Å². The number of aryl methyl sites for hydroxylation is 2. The molecule has 0 radical (unpaired) electrons. The summed E-state index contributed by atoms with van der Waals surface area (Å²) in [7, 11) is 0. The quantitative estimate of drug-likeness (QED) is 0.713. The third kappa shape index (κ3) is 2.21. The van der Waals surface area contributed by atoms with Gasteiger partial charge in [0.2, 0.25) is 0 Å². The van der Waals surface area contributed by atoms with Gasteiger partial charge in [-0.25, -0.2) is 8.78 Å². The molecule has 0 aliphatic rings. The van der Waals surface area contributed by atoms with E-state index in [0.717, 1.165) is 28.7 Å². The maximum Gasteiger partial charge on any atom is 0.130 e. The second kappa shape index (κ2) is 4.84. The molecule has 1 heterocycles. The number of halogens is 3. The Hall–Kier alpha value is -1.16. The van der Waals surface area contributed by atoms with E-state index in [0.29, 0.717) is 5.56 Å². The lowest BCUT2D eigenvalue weighted by Crippen LogP contribution is -1.99. The molecule has 0 saturated carbocycles. The van der Waals surface area contributed by atoms with E-state index in [4.69, 9.17) is 4.42 Å². The van der Waals surface area contributed by atoms with Gasteiger partial charge < -0.3 is 4.42 Å². The molecule has 1 unspecified atom stereocenters. The molecule has 1 aromatic carbocycles. The molecule has 0 amide bonds. The van der Waals surface area contributed by atoms with Crippen LogP contribution in [0.15, 0.2) is 22.6 Å². The molecule has 96 valence electrons. The minimum atomic E-state index is -0.576. The third-order valence-electron chi connectivity index (χ3n) is 3.11. The number of benzene rings is 1. The zero-order chi connectivity index (χ0) is 13.4. The predicted molar refractivity (Wildman–Crippen MR) is 70.0 cm³/mol. The van der Waals surface area contributed by atoms with Crippen LogP contribution in [0.25, 0.3) is 0 Å². The largest absolute Gasteiger partial charge is 0.466 e. The highest BCUT2D eigenvalue weighted by Gasteiger charge is 2.22. The second-order valence-corrected chi connectivity index (χ2v) is 5.20. The highest BCUT2D eigenvalue weighted by Crippen LogP contribution is 2.38. The monoisotopic (exact) mass is 314 g/mol. The van der Waals surface area contributed by atoms with Crippen LogP contribution in [0.2, 0.25) is 0 Å². The molecule has 1 atom stereocenters. The number of alkyl halides is 1. The van der Waals surface area contributed by atoms with Gasteiger partial charge in [0.05, 0.1) is 4.83 Å². The number of hydrogen-bond donors (Lipinski definition) is 0. The highest BCUT2D eigenvalue weighted by atomic mass is 79.9. The Kier molecular flexibility index (Phi) is 3.57. The van der Waals surface area contributed by atoms with Gasteiger partial charge in [0, 0.05) is 17.2 Å². The average molecular weight is 315 g/mol. The Morgan fingerprint density at radius 1 is 1.11 bits per heavy atom. The summed E-state index contributed by atoms with van der Waals surface area (Å²) in [6, 6.07) is 3.59. The molecule has 4 heteroatoms. The average Bonchev–Trinajstić information content (AvgIpc) is 2.52. The van der Waals surface area contributed by atoms with Crippen molar-refractivity contribution in [1.82, 2.24) is 0 Å². The molecule has 0 saturated heterocycles. The van der Waals surface area contributed by atoms with Crippen molar-refractivity contribution in [3.05, 3.63) is 58.0 Å². The van der Waals surface area contributed by atoms with Crippen LogP contribution in [0.4, 0.5) is 8.78 Å². The van der Waals surface area contributed by atoms with Crippen molar-refractivity contribution < 1.29 is 13.2 Å². The van der Waals surface area contributed by atoms with E-state index in [1.807, 2.05) is 20.8 Å². The van der Waals surface area contributed by atoms with Gasteiger partial charge in [0.1, 0.15) is 23.2 Å². The van der Waals surface area contributed by atoms with Crippen molar-refractivity contribution in [1.29, 1.82) is 0 Å². The molecule has 18 heavy (non-hydrogen) atoms. The van der Waals surface area contributed by atoms with E-state index in [2.05, 4.69) is 15.9 Å². The highest BCUT2D eigenvalue weighted by molar-refractivity contribution is 9.09. The van der Waals surface area contributed by atoms with Gasteiger partial charge in [-0.05, 0) is 32.4 Å². The fraction of sp³-hybridized carbons (Fsp3) is 0.286.